The highest BCUT2D eigenvalue weighted by atomic mass is 19.1. The van der Waals surface area contributed by atoms with Crippen LogP contribution in [0.25, 0.3) is 11.3 Å². The van der Waals surface area contributed by atoms with Gasteiger partial charge in [-0.25, -0.2) is 8.78 Å². The van der Waals surface area contributed by atoms with Crippen molar-refractivity contribution >= 4 is 0 Å². The molecule has 2 aromatic rings. The molecule has 2 unspecified atom stereocenters. The Morgan fingerprint density at radius 1 is 1.35 bits per heavy atom. The van der Waals surface area contributed by atoms with Gasteiger partial charge in [-0.15, -0.1) is 0 Å². The van der Waals surface area contributed by atoms with Gasteiger partial charge in [0.05, 0.1) is 23.1 Å². The van der Waals surface area contributed by atoms with Crippen LogP contribution in [0.15, 0.2) is 24.4 Å². The zero-order chi connectivity index (χ0) is 17.0. The van der Waals surface area contributed by atoms with Crippen molar-refractivity contribution in [2.45, 2.75) is 39.3 Å². The molecule has 0 aliphatic carbocycles. The van der Waals surface area contributed by atoms with E-state index in [2.05, 4.69) is 15.5 Å². The summed E-state index contributed by atoms with van der Waals surface area (Å²) in [5, 5.41) is 20.1. The van der Waals surface area contributed by atoms with Gasteiger partial charge in [-0.05, 0) is 25.0 Å². The highest BCUT2D eigenvalue weighted by molar-refractivity contribution is 5.64. The Morgan fingerprint density at radius 3 is 2.61 bits per heavy atom. The maximum absolute atomic E-state index is 13.9. The van der Waals surface area contributed by atoms with Crippen LogP contribution in [0.2, 0.25) is 0 Å². The zero-order valence-corrected chi connectivity index (χ0v) is 13.7. The summed E-state index contributed by atoms with van der Waals surface area (Å²) in [6.45, 7) is 6.52. The molecule has 0 bridgehead atoms. The van der Waals surface area contributed by atoms with Gasteiger partial charge in [0.25, 0.3) is 0 Å². The first kappa shape index (κ1) is 17.6. The molecule has 0 saturated carbocycles. The highest BCUT2D eigenvalue weighted by Gasteiger charge is 2.26. The molecular weight excluding hydrogens is 300 g/mol. The van der Waals surface area contributed by atoms with Crippen LogP contribution in [0.3, 0.4) is 0 Å². The molecule has 0 radical (unpaired) electrons. The summed E-state index contributed by atoms with van der Waals surface area (Å²) in [5.74, 6) is -1.13. The minimum Gasteiger partial charge on any atom is -0.389 e. The number of rotatable bonds is 7. The van der Waals surface area contributed by atoms with Gasteiger partial charge < -0.3 is 10.4 Å². The number of aliphatic hydroxyl groups is 1. The van der Waals surface area contributed by atoms with Crippen molar-refractivity contribution in [3.63, 3.8) is 0 Å². The smallest absolute Gasteiger partial charge is 0.135 e. The summed E-state index contributed by atoms with van der Waals surface area (Å²) in [6, 6.07) is 3.75. The van der Waals surface area contributed by atoms with E-state index in [1.54, 1.807) is 6.92 Å². The highest BCUT2D eigenvalue weighted by Crippen LogP contribution is 2.27. The lowest BCUT2D eigenvalue weighted by molar-refractivity contribution is 0.00535. The van der Waals surface area contributed by atoms with Crippen molar-refractivity contribution in [3.05, 3.63) is 41.6 Å². The Labute approximate surface area is 134 Å². The maximum Gasteiger partial charge on any atom is 0.135 e. The van der Waals surface area contributed by atoms with Gasteiger partial charge in [0, 0.05) is 18.7 Å². The summed E-state index contributed by atoms with van der Waals surface area (Å²) in [5.41, 5.74) is 0.00255. The van der Waals surface area contributed by atoms with Crippen LogP contribution in [0.4, 0.5) is 8.78 Å². The van der Waals surface area contributed by atoms with Crippen molar-refractivity contribution in [3.8, 4) is 11.3 Å². The number of nitrogens with one attached hydrogen (secondary N) is 2. The second-order valence-electron chi connectivity index (χ2n) is 6.14. The van der Waals surface area contributed by atoms with E-state index in [-0.39, 0.29) is 11.5 Å². The standard InChI is InChI=1S/C17H23F2N3O/c1-4-11(2)17(3,23)10-20-8-12-9-21-22-16(12)15-13(18)6-5-7-14(15)19/h5-7,9,11,20,23H,4,8,10H2,1-3H3,(H,21,22). The summed E-state index contributed by atoms with van der Waals surface area (Å²) >= 11 is 0. The number of benzene rings is 1. The molecular formula is C17H23F2N3O. The van der Waals surface area contributed by atoms with E-state index in [4.69, 9.17) is 0 Å². The van der Waals surface area contributed by atoms with E-state index in [0.29, 0.717) is 24.3 Å². The lowest BCUT2D eigenvalue weighted by Gasteiger charge is -2.30. The molecule has 0 spiro atoms. The Bertz CT molecular complexity index is 635. The molecule has 0 amide bonds. The number of hydrogen-bond donors (Lipinski definition) is 3. The van der Waals surface area contributed by atoms with Gasteiger partial charge in [0.1, 0.15) is 11.6 Å². The van der Waals surface area contributed by atoms with Crippen LogP contribution in [0, 0.1) is 17.6 Å². The summed E-state index contributed by atoms with van der Waals surface area (Å²) in [7, 11) is 0. The number of H-pyrrole nitrogens is 1. The van der Waals surface area contributed by atoms with Crippen molar-refractivity contribution in [2.24, 2.45) is 5.92 Å². The normalized spacial score (nSPS) is 15.4. The van der Waals surface area contributed by atoms with Crippen LogP contribution in [0.1, 0.15) is 32.8 Å². The lowest BCUT2D eigenvalue weighted by atomic mass is 9.88. The fraction of sp³-hybridized carbons (Fsp3) is 0.471. The van der Waals surface area contributed by atoms with E-state index in [9.17, 15) is 13.9 Å². The van der Waals surface area contributed by atoms with E-state index >= 15 is 0 Å². The van der Waals surface area contributed by atoms with Gasteiger partial charge in [0.15, 0.2) is 0 Å². The van der Waals surface area contributed by atoms with Crippen molar-refractivity contribution in [2.75, 3.05) is 6.54 Å². The third kappa shape index (κ3) is 3.95. The molecule has 23 heavy (non-hydrogen) atoms. The third-order valence-electron chi connectivity index (χ3n) is 4.40. The molecule has 1 aromatic carbocycles. The Balaban J connectivity index is 2.11. The monoisotopic (exact) mass is 323 g/mol. The van der Waals surface area contributed by atoms with Gasteiger partial charge in [-0.1, -0.05) is 26.3 Å². The average molecular weight is 323 g/mol. The SMILES string of the molecule is CCC(C)C(C)(O)CNCc1cn[nH]c1-c1c(F)cccc1F. The summed E-state index contributed by atoms with van der Waals surface area (Å²) < 4.78 is 27.8. The molecule has 3 N–H and O–H groups in total. The number of hydrogen-bond acceptors (Lipinski definition) is 3. The average Bonchev–Trinajstić information content (AvgIpc) is 2.94. The van der Waals surface area contributed by atoms with Gasteiger partial charge in [-0.3, -0.25) is 5.10 Å². The van der Waals surface area contributed by atoms with E-state index in [0.717, 1.165) is 6.42 Å². The number of aromatic amines is 1. The van der Waals surface area contributed by atoms with Crippen molar-refractivity contribution < 1.29 is 13.9 Å². The first-order valence-corrected chi connectivity index (χ1v) is 7.76. The second-order valence-corrected chi connectivity index (χ2v) is 6.14. The fourth-order valence-electron chi connectivity index (χ4n) is 2.46. The Kier molecular flexibility index (Phi) is 5.49. The Morgan fingerprint density at radius 2 is 2.00 bits per heavy atom. The Hall–Kier alpha value is -1.79. The van der Waals surface area contributed by atoms with E-state index in [1.807, 2.05) is 13.8 Å². The maximum atomic E-state index is 13.9. The van der Waals surface area contributed by atoms with E-state index < -0.39 is 17.2 Å². The van der Waals surface area contributed by atoms with Crippen LogP contribution in [-0.2, 0) is 6.54 Å². The number of aromatic nitrogens is 2. The minimum atomic E-state index is -0.845. The summed E-state index contributed by atoms with van der Waals surface area (Å²) in [6.07, 6.45) is 2.40. The van der Waals surface area contributed by atoms with Crippen molar-refractivity contribution in [1.29, 1.82) is 0 Å². The topological polar surface area (TPSA) is 60.9 Å². The van der Waals surface area contributed by atoms with Crippen LogP contribution in [-0.4, -0.2) is 27.4 Å². The molecule has 126 valence electrons. The molecule has 0 saturated heterocycles. The third-order valence-corrected chi connectivity index (χ3v) is 4.40. The molecule has 1 heterocycles. The number of nitrogens with zero attached hydrogens (tertiary/aromatic N) is 1. The van der Waals surface area contributed by atoms with Gasteiger partial charge in [-0.2, -0.15) is 5.10 Å². The predicted octanol–water partition coefficient (Wildman–Crippen LogP) is 3.24. The van der Waals surface area contributed by atoms with Crippen LogP contribution < -0.4 is 5.32 Å². The molecule has 1 aromatic heterocycles. The first-order valence-electron chi connectivity index (χ1n) is 7.76. The predicted molar refractivity (Wildman–Crippen MR) is 85.7 cm³/mol. The molecule has 2 atom stereocenters. The minimum absolute atomic E-state index is 0.115. The lowest BCUT2D eigenvalue weighted by Crippen LogP contribution is -2.42. The zero-order valence-electron chi connectivity index (χ0n) is 13.7. The quantitative estimate of drug-likeness (QED) is 0.733. The molecule has 6 heteroatoms. The molecule has 2 rings (SSSR count). The number of halogens is 2. The first-order chi connectivity index (χ1) is 10.9. The molecule has 0 fully saturated rings. The molecule has 4 nitrogen and oxygen atoms in total. The van der Waals surface area contributed by atoms with E-state index in [1.165, 1.54) is 24.4 Å². The van der Waals surface area contributed by atoms with Crippen LogP contribution in [0.5, 0.6) is 0 Å². The summed E-state index contributed by atoms with van der Waals surface area (Å²) in [4.78, 5) is 0. The fourth-order valence-corrected chi connectivity index (χ4v) is 2.46. The second kappa shape index (κ2) is 7.19. The van der Waals surface area contributed by atoms with Gasteiger partial charge in [0.2, 0.25) is 0 Å². The van der Waals surface area contributed by atoms with Crippen molar-refractivity contribution in [1.82, 2.24) is 15.5 Å². The molecule has 0 aliphatic rings. The van der Waals surface area contributed by atoms with Gasteiger partial charge >= 0.3 is 0 Å². The largest absolute Gasteiger partial charge is 0.389 e. The van der Waals surface area contributed by atoms with Crippen LogP contribution >= 0.6 is 0 Å². The molecule has 0 aliphatic heterocycles.